The lowest BCUT2D eigenvalue weighted by molar-refractivity contribution is -0.128. The van der Waals surface area contributed by atoms with Crippen LogP contribution in [0.1, 0.15) is 24.7 Å². The molecular formula is C25H29Cl3N8O3. The quantitative estimate of drug-likeness (QED) is 0.430. The lowest BCUT2D eigenvalue weighted by Crippen LogP contribution is -2.57. The van der Waals surface area contributed by atoms with Crippen LogP contribution in [0.3, 0.4) is 0 Å². The molecule has 3 aromatic rings. The average molecular weight is 596 g/mol. The maximum Gasteiger partial charge on any atom is 0.407 e. The number of halogens is 3. The van der Waals surface area contributed by atoms with Gasteiger partial charge in [-0.15, -0.1) is 0 Å². The maximum absolute atomic E-state index is 12.6. The first-order chi connectivity index (χ1) is 18.5. The molecule has 11 nitrogen and oxygen atoms in total. The number of hydrogen-bond acceptors (Lipinski definition) is 7. The van der Waals surface area contributed by atoms with Crippen LogP contribution in [0.4, 0.5) is 10.6 Å². The summed E-state index contributed by atoms with van der Waals surface area (Å²) < 4.78 is 2.09. The minimum absolute atomic E-state index is 0.0203. The second-order valence-corrected chi connectivity index (χ2v) is 12.2. The van der Waals surface area contributed by atoms with E-state index in [9.17, 15) is 14.7 Å². The molecule has 1 N–H and O–H groups in total. The molecule has 1 saturated carbocycles. The van der Waals surface area contributed by atoms with Crippen LogP contribution < -0.4 is 4.90 Å². The minimum Gasteiger partial charge on any atom is -0.465 e. The standard InChI is InChI=1S/C25H29Cl3N8O3/c1-32(2)12-9-34(10-12)24-20-22(19-18(31-24)16(26)17(27)23(28)30-19)36(14(29-20)5-6-15(37)33(3)4)21-11-7-13(21)35(8-11)25(38)39/h11-13,21H,5-10H2,1-4H3,(H,38,39). The van der Waals surface area contributed by atoms with E-state index in [0.29, 0.717) is 52.7 Å². The smallest absolute Gasteiger partial charge is 0.407 e. The SMILES string of the molecule is CN(C)C(=O)CCc1nc2c(N3CC(N(C)C)C3)nc3c(Cl)c(Cl)c(Cl)nc3c2n1C1C2CC1N(C(=O)O)C2. The predicted molar refractivity (Wildman–Crippen MR) is 150 cm³/mol. The van der Waals surface area contributed by atoms with E-state index in [0.717, 1.165) is 19.5 Å². The fraction of sp³-hybridized carbons (Fsp3) is 0.560. The van der Waals surface area contributed by atoms with E-state index in [-0.39, 0.29) is 45.5 Å². The van der Waals surface area contributed by atoms with Crippen molar-refractivity contribution in [1.82, 2.24) is 34.2 Å². The largest absolute Gasteiger partial charge is 0.465 e. The number of amides is 2. The molecule has 0 spiro atoms. The molecule has 2 bridgehead atoms. The summed E-state index contributed by atoms with van der Waals surface area (Å²) in [6, 6.07) is 0.0287. The van der Waals surface area contributed by atoms with Gasteiger partial charge in [-0.05, 0) is 20.5 Å². The Labute approximate surface area is 240 Å². The van der Waals surface area contributed by atoms with Crippen LogP contribution in [-0.2, 0) is 11.2 Å². The van der Waals surface area contributed by atoms with E-state index in [2.05, 4.69) is 19.4 Å². The number of nitrogens with zero attached hydrogens (tertiary/aromatic N) is 8. The lowest BCUT2D eigenvalue weighted by Gasteiger charge is -2.43. The number of hydrogen-bond donors (Lipinski definition) is 1. The number of pyridine rings is 2. The molecule has 3 saturated heterocycles. The Hall–Kier alpha value is -2.60. The molecule has 3 aliphatic heterocycles. The number of carbonyl (C=O) groups excluding carboxylic acids is 1. The van der Waals surface area contributed by atoms with E-state index >= 15 is 0 Å². The van der Waals surface area contributed by atoms with Gasteiger partial charge in [-0.1, -0.05) is 34.8 Å². The summed E-state index contributed by atoms with van der Waals surface area (Å²) >= 11 is 19.5. The number of carboxylic acid groups (broad SMARTS) is 1. The number of fused-ring (bicyclic) bond motifs is 4. The highest BCUT2D eigenvalue weighted by Gasteiger charge is 2.56. The van der Waals surface area contributed by atoms with Gasteiger partial charge in [0.1, 0.15) is 33.0 Å². The van der Waals surface area contributed by atoms with Gasteiger partial charge in [0, 0.05) is 58.5 Å². The minimum atomic E-state index is -0.933. The van der Waals surface area contributed by atoms with Crippen molar-refractivity contribution in [1.29, 1.82) is 0 Å². The molecule has 0 aromatic carbocycles. The maximum atomic E-state index is 12.6. The molecule has 3 unspecified atom stereocenters. The molecule has 39 heavy (non-hydrogen) atoms. The fourth-order valence-corrected chi connectivity index (χ4v) is 6.67. The van der Waals surface area contributed by atoms with Crippen molar-refractivity contribution in [3.05, 3.63) is 21.0 Å². The predicted octanol–water partition coefficient (Wildman–Crippen LogP) is 3.63. The number of likely N-dealkylation sites (N-methyl/N-ethyl adjacent to an activating group) is 1. The molecule has 3 aromatic heterocycles. The summed E-state index contributed by atoms with van der Waals surface area (Å²) in [6.07, 6.45) is 0.483. The van der Waals surface area contributed by atoms with Crippen LogP contribution in [0.25, 0.3) is 22.1 Å². The molecule has 4 aliphatic rings. The second kappa shape index (κ2) is 9.50. The highest BCUT2D eigenvalue weighted by molar-refractivity contribution is 6.50. The van der Waals surface area contributed by atoms with Crippen molar-refractivity contribution < 1.29 is 14.7 Å². The molecule has 7 rings (SSSR count). The van der Waals surface area contributed by atoms with Crippen molar-refractivity contribution in [2.45, 2.75) is 37.4 Å². The number of anilines is 1. The third kappa shape index (κ3) is 4.08. The summed E-state index contributed by atoms with van der Waals surface area (Å²) in [5, 5.41) is 10.2. The van der Waals surface area contributed by atoms with Crippen LogP contribution in [0.5, 0.6) is 0 Å². The third-order valence-electron chi connectivity index (χ3n) is 8.40. The highest BCUT2D eigenvalue weighted by Crippen LogP contribution is 2.52. The van der Waals surface area contributed by atoms with Gasteiger partial charge in [0.2, 0.25) is 5.91 Å². The molecule has 4 fully saturated rings. The number of imidazole rings is 1. The topological polar surface area (TPSA) is 111 Å². The van der Waals surface area contributed by atoms with Crippen LogP contribution in [0.15, 0.2) is 0 Å². The van der Waals surface area contributed by atoms with E-state index in [4.69, 9.17) is 44.8 Å². The van der Waals surface area contributed by atoms with Crippen molar-refractivity contribution >= 4 is 74.7 Å². The summed E-state index contributed by atoms with van der Waals surface area (Å²) in [5.41, 5.74) is 2.22. The second-order valence-electron chi connectivity index (χ2n) is 11.1. The number of carbonyl (C=O) groups is 2. The van der Waals surface area contributed by atoms with Crippen LogP contribution in [0.2, 0.25) is 15.2 Å². The average Bonchev–Trinajstić information content (AvgIpc) is 3.53. The Bertz CT molecular complexity index is 1520. The summed E-state index contributed by atoms with van der Waals surface area (Å²) in [6.45, 7) is 1.97. The number of rotatable bonds is 6. The third-order valence-corrected chi connectivity index (χ3v) is 9.61. The Morgan fingerprint density at radius 3 is 2.31 bits per heavy atom. The van der Waals surface area contributed by atoms with E-state index in [1.165, 1.54) is 4.90 Å². The fourth-order valence-electron chi connectivity index (χ4n) is 6.09. The highest BCUT2D eigenvalue weighted by atomic mass is 35.5. The van der Waals surface area contributed by atoms with Crippen LogP contribution in [-0.4, -0.2) is 111 Å². The molecule has 1 aliphatic carbocycles. The Kier molecular flexibility index (Phi) is 6.48. The molecule has 3 atom stereocenters. The van der Waals surface area contributed by atoms with Crippen LogP contribution >= 0.6 is 34.8 Å². The Balaban J connectivity index is 1.59. The summed E-state index contributed by atoms with van der Waals surface area (Å²) in [4.78, 5) is 46.5. The Morgan fingerprint density at radius 1 is 0.974 bits per heavy atom. The van der Waals surface area contributed by atoms with Crippen molar-refractivity contribution in [2.24, 2.45) is 5.92 Å². The van der Waals surface area contributed by atoms with Gasteiger partial charge in [-0.3, -0.25) is 4.79 Å². The molecule has 14 heteroatoms. The van der Waals surface area contributed by atoms with Gasteiger partial charge in [0.05, 0.1) is 22.1 Å². The first-order valence-corrected chi connectivity index (χ1v) is 14.0. The first kappa shape index (κ1) is 26.6. The van der Waals surface area contributed by atoms with Gasteiger partial charge in [0.15, 0.2) is 5.82 Å². The van der Waals surface area contributed by atoms with E-state index < -0.39 is 6.09 Å². The zero-order valence-electron chi connectivity index (χ0n) is 22.0. The van der Waals surface area contributed by atoms with E-state index in [1.54, 1.807) is 19.0 Å². The zero-order chi connectivity index (χ0) is 27.9. The lowest BCUT2D eigenvalue weighted by atomic mass is 9.79. The van der Waals surface area contributed by atoms with Crippen molar-refractivity contribution in [2.75, 3.05) is 52.7 Å². The first-order valence-electron chi connectivity index (χ1n) is 12.8. The summed E-state index contributed by atoms with van der Waals surface area (Å²) in [5.74, 6) is 1.46. The summed E-state index contributed by atoms with van der Waals surface area (Å²) in [7, 11) is 7.53. The molecule has 0 radical (unpaired) electrons. The van der Waals surface area contributed by atoms with Crippen LogP contribution in [0, 0.1) is 5.92 Å². The van der Waals surface area contributed by atoms with Gasteiger partial charge in [-0.25, -0.2) is 19.7 Å². The number of aryl methyl sites for hydroxylation is 1. The Morgan fingerprint density at radius 2 is 1.69 bits per heavy atom. The molecule has 2 amide bonds. The van der Waals surface area contributed by atoms with Gasteiger partial charge in [-0.2, -0.15) is 0 Å². The van der Waals surface area contributed by atoms with E-state index in [1.807, 2.05) is 14.1 Å². The molecule has 208 valence electrons. The van der Waals surface area contributed by atoms with Gasteiger partial charge >= 0.3 is 6.09 Å². The van der Waals surface area contributed by atoms with Gasteiger partial charge < -0.3 is 29.3 Å². The number of aromatic nitrogens is 4. The molecular weight excluding hydrogens is 567 g/mol. The normalized spacial score (nSPS) is 22.6. The zero-order valence-corrected chi connectivity index (χ0v) is 24.3. The molecule has 6 heterocycles. The van der Waals surface area contributed by atoms with Gasteiger partial charge in [0.25, 0.3) is 0 Å². The van der Waals surface area contributed by atoms with Crippen molar-refractivity contribution in [3.63, 3.8) is 0 Å². The van der Waals surface area contributed by atoms with Crippen molar-refractivity contribution in [3.8, 4) is 0 Å². The monoisotopic (exact) mass is 594 g/mol.